The summed E-state index contributed by atoms with van der Waals surface area (Å²) in [4.78, 5) is 67.1. The summed E-state index contributed by atoms with van der Waals surface area (Å²) in [5.74, 6) is -2.87. The molecular weight excluding hydrogens is 761 g/mol. The molecule has 12 nitrogen and oxygen atoms in total. The molecule has 0 radical (unpaired) electrons. The first-order chi connectivity index (χ1) is 24.4. The van der Waals surface area contributed by atoms with Crippen LogP contribution in [0.2, 0.25) is 15.1 Å². The van der Waals surface area contributed by atoms with Crippen LogP contribution in [0.3, 0.4) is 0 Å². The Morgan fingerprint density at radius 3 is 2.43 bits per heavy atom. The van der Waals surface area contributed by atoms with Crippen molar-refractivity contribution in [1.82, 2.24) is 15.1 Å². The van der Waals surface area contributed by atoms with Gasteiger partial charge in [-0.25, -0.2) is 0 Å². The average Bonchev–Trinajstić information content (AvgIpc) is 3.43. The first kappa shape index (κ1) is 36.6. The molecule has 2 fully saturated rings. The van der Waals surface area contributed by atoms with Gasteiger partial charge in [0.15, 0.2) is 12.4 Å². The molecule has 3 N–H and O–H groups in total. The van der Waals surface area contributed by atoms with Crippen LogP contribution in [0.4, 0.5) is 5.69 Å². The number of halogens is 3. The molecule has 264 valence electrons. The Labute approximate surface area is 315 Å². The van der Waals surface area contributed by atoms with Gasteiger partial charge in [-0.05, 0) is 60.0 Å². The Morgan fingerprint density at radius 2 is 1.73 bits per heavy atom. The molecule has 0 unspecified atom stereocenters. The molecule has 3 aliphatic rings. The van der Waals surface area contributed by atoms with E-state index in [1.807, 2.05) is 12.1 Å². The Bertz CT molecular complexity index is 1990. The molecule has 3 aromatic rings. The number of nitrogens with zero attached hydrogens (tertiary/aromatic N) is 3. The summed E-state index contributed by atoms with van der Waals surface area (Å²) in [5, 5.41) is 27.3. The third kappa shape index (κ3) is 8.31. The lowest BCUT2D eigenvalue weighted by Crippen LogP contribution is -2.71. The third-order valence-electron chi connectivity index (χ3n) is 8.21. The van der Waals surface area contributed by atoms with Crippen LogP contribution in [-0.4, -0.2) is 74.0 Å². The molecule has 1 aromatic heterocycles. The van der Waals surface area contributed by atoms with Gasteiger partial charge in [-0.15, -0.1) is 23.5 Å². The van der Waals surface area contributed by atoms with Gasteiger partial charge in [-0.1, -0.05) is 34.8 Å². The van der Waals surface area contributed by atoms with Gasteiger partial charge in [0.1, 0.15) is 17.2 Å². The molecule has 51 heavy (non-hydrogen) atoms. The van der Waals surface area contributed by atoms with Crippen LogP contribution in [-0.2, 0) is 37.1 Å². The Balaban J connectivity index is 1.04. The predicted molar refractivity (Wildman–Crippen MR) is 191 cm³/mol. The van der Waals surface area contributed by atoms with E-state index in [0.717, 1.165) is 22.2 Å². The molecule has 4 heterocycles. The zero-order valence-corrected chi connectivity index (χ0v) is 30.3. The van der Waals surface area contributed by atoms with Crippen molar-refractivity contribution >= 4 is 93.6 Å². The number of anilines is 1. The van der Waals surface area contributed by atoms with Crippen molar-refractivity contribution in [2.45, 2.75) is 35.8 Å². The summed E-state index contributed by atoms with van der Waals surface area (Å²) in [5.41, 5.74) is 1.78. The van der Waals surface area contributed by atoms with E-state index in [9.17, 15) is 34.2 Å². The van der Waals surface area contributed by atoms with Crippen LogP contribution in [0.5, 0.6) is 5.75 Å². The summed E-state index contributed by atoms with van der Waals surface area (Å²) in [6.45, 7) is 0.786. The smallest absolute Gasteiger partial charge is 0.290 e. The number of phenolic OH excluding ortho intramolecular Hbond substituents is 1. The second kappa shape index (κ2) is 15.6. The van der Waals surface area contributed by atoms with Crippen molar-refractivity contribution in [2.24, 2.45) is 0 Å². The number of rotatable bonds is 11. The molecule has 17 heteroatoms. The molecule has 4 amide bonds. The topological polar surface area (TPSA) is 163 Å². The minimum absolute atomic E-state index is 0.0620. The number of likely N-dealkylation sites (tertiary alicyclic amines) is 1. The third-order valence-corrected chi connectivity index (χ3v) is 11.7. The minimum atomic E-state index is -1.55. The van der Waals surface area contributed by atoms with E-state index in [0.29, 0.717) is 40.7 Å². The lowest BCUT2D eigenvalue weighted by atomic mass is 10.0. The molecular formula is C34H28Cl3N5O7S2. The van der Waals surface area contributed by atoms with E-state index in [-0.39, 0.29) is 56.9 Å². The fraction of sp³-hybridized carbons (Fsp3) is 0.235. The first-order valence-electron chi connectivity index (χ1n) is 15.4. The van der Waals surface area contributed by atoms with Gasteiger partial charge < -0.3 is 30.5 Å². The number of pyridine rings is 1. The quantitative estimate of drug-likeness (QED) is 0.0662. The average molecular weight is 789 g/mol. The minimum Gasteiger partial charge on any atom is -0.543 e. The normalized spacial score (nSPS) is 19.2. The van der Waals surface area contributed by atoms with Crippen LogP contribution in [0, 0.1) is 0 Å². The summed E-state index contributed by atoms with van der Waals surface area (Å²) >= 11 is 20.6. The second-order valence-electron chi connectivity index (χ2n) is 11.7. The van der Waals surface area contributed by atoms with Gasteiger partial charge in [0, 0.05) is 47.1 Å². The number of phenols is 1. The summed E-state index contributed by atoms with van der Waals surface area (Å²) < 4.78 is 1.69. The van der Waals surface area contributed by atoms with E-state index in [1.165, 1.54) is 36.0 Å². The number of allylic oxidation sites excluding steroid dienone is 1. The predicted octanol–water partition coefficient (Wildman–Crippen LogP) is 3.13. The first-order valence-corrected chi connectivity index (χ1v) is 18.6. The molecule has 2 aromatic carbocycles. The van der Waals surface area contributed by atoms with Crippen molar-refractivity contribution in [3.05, 3.63) is 104 Å². The van der Waals surface area contributed by atoms with Gasteiger partial charge >= 0.3 is 0 Å². The summed E-state index contributed by atoms with van der Waals surface area (Å²) in [6, 6.07) is 11.9. The molecule has 2 saturated heterocycles. The number of fused-ring (bicyclic) bond motifs is 1. The van der Waals surface area contributed by atoms with E-state index in [1.54, 1.807) is 40.1 Å². The zero-order valence-electron chi connectivity index (χ0n) is 26.4. The highest BCUT2D eigenvalue weighted by Crippen LogP contribution is 2.41. The summed E-state index contributed by atoms with van der Waals surface area (Å²) in [7, 11) is 0. The largest absolute Gasteiger partial charge is 0.543 e. The Morgan fingerprint density at radius 1 is 1.02 bits per heavy atom. The number of hydrogen-bond donors (Lipinski definition) is 3. The van der Waals surface area contributed by atoms with Crippen LogP contribution in [0.1, 0.15) is 12.0 Å². The van der Waals surface area contributed by atoms with Crippen molar-refractivity contribution in [3.8, 4) is 5.75 Å². The van der Waals surface area contributed by atoms with Crippen LogP contribution < -0.4 is 20.3 Å². The van der Waals surface area contributed by atoms with Crippen LogP contribution in [0.15, 0.2) is 88.7 Å². The molecule has 2 atom stereocenters. The van der Waals surface area contributed by atoms with E-state index >= 15 is 0 Å². The number of carboxylic acids is 1. The van der Waals surface area contributed by atoms with Gasteiger partial charge in [0.25, 0.3) is 11.8 Å². The van der Waals surface area contributed by atoms with E-state index < -0.39 is 29.2 Å². The molecule has 6 rings (SSSR count). The lowest BCUT2D eigenvalue weighted by molar-refractivity contribution is -0.684. The molecule has 0 spiro atoms. The standard InChI is InChI=1S/C34H28Cl3N5O7S2/c35-23-12-25(37)26(13-24(23)36)50-17-28(45)39-29-32(47)42-30(34(48)49)20(16-51-33(29)42)11-19-7-10-41(31(19)46)14-18-5-8-40(9-6-18)15-27(44)38-21-1-3-22(43)4-2-21/h1-6,8-9,11-13,29,33H,7,10,14-17H2,(H3-,38,39,43,44,45,48,49)/b19-11+/t29-,33-/m1/s1. The molecule has 0 aliphatic carbocycles. The number of β-lactam (4-membered cyclic amide) rings is 1. The fourth-order valence-electron chi connectivity index (χ4n) is 5.71. The van der Waals surface area contributed by atoms with Crippen LogP contribution in [0.25, 0.3) is 0 Å². The van der Waals surface area contributed by atoms with Crippen molar-refractivity contribution < 1.29 is 38.8 Å². The number of carbonyl (C=O) groups is 5. The highest BCUT2D eigenvalue weighted by Gasteiger charge is 2.52. The number of benzene rings is 2. The maximum absolute atomic E-state index is 13.3. The lowest BCUT2D eigenvalue weighted by Gasteiger charge is -2.50. The number of aliphatic carboxylic acids is 1. The van der Waals surface area contributed by atoms with Gasteiger partial charge in [0.2, 0.25) is 18.4 Å². The highest BCUT2D eigenvalue weighted by atomic mass is 35.5. The number of aromatic hydroxyl groups is 1. The van der Waals surface area contributed by atoms with Gasteiger partial charge in [-0.3, -0.25) is 24.1 Å². The second-order valence-corrected chi connectivity index (χ2v) is 15.1. The maximum atomic E-state index is 13.3. The number of hydrogen-bond acceptors (Lipinski definition) is 9. The van der Waals surface area contributed by atoms with E-state index in [4.69, 9.17) is 34.8 Å². The number of aromatic nitrogens is 1. The number of thioether (sulfide) groups is 2. The van der Waals surface area contributed by atoms with Crippen molar-refractivity contribution in [1.29, 1.82) is 0 Å². The van der Waals surface area contributed by atoms with Crippen molar-refractivity contribution in [3.63, 3.8) is 0 Å². The summed E-state index contributed by atoms with van der Waals surface area (Å²) in [6.07, 6.45) is 5.38. The number of carbonyl (C=O) groups excluding carboxylic acids is 5. The monoisotopic (exact) mass is 787 g/mol. The van der Waals surface area contributed by atoms with Crippen molar-refractivity contribution in [2.75, 3.05) is 23.4 Å². The van der Waals surface area contributed by atoms with E-state index in [2.05, 4.69) is 10.6 Å². The molecule has 0 bridgehead atoms. The fourth-order valence-corrected chi connectivity index (χ4v) is 8.56. The number of carboxylic acid groups (broad SMARTS) is 1. The molecule has 0 saturated carbocycles. The SMILES string of the molecule is O=C(C[n+]1ccc(CN2CC/C(=C\C3=C(C(=O)[O-])N4C(=O)[C@@H](NC(=O)CSc5cc(Cl)c(Cl)cc5Cl)[C@H]4SC3)C2=O)cc1)Nc1ccc(O)cc1. The van der Waals surface area contributed by atoms with Gasteiger partial charge in [0.05, 0.1) is 32.5 Å². The van der Waals surface area contributed by atoms with Crippen LogP contribution >= 0.6 is 58.3 Å². The number of amides is 4. The number of nitrogens with one attached hydrogen (secondary N) is 2. The Kier molecular flexibility index (Phi) is 11.2. The highest BCUT2D eigenvalue weighted by molar-refractivity contribution is 8.00. The zero-order chi connectivity index (χ0) is 36.4. The Hall–Kier alpha value is -4.21. The molecule has 3 aliphatic heterocycles. The van der Waals surface area contributed by atoms with Gasteiger partial charge in [-0.2, -0.15) is 4.57 Å². The maximum Gasteiger partial charge on any atom is 0.290 e.